The van der Waals surface area contributed by atoms with E-state index in [1.54, 1.807) is 0 Å². The highest BCUT2D eigenvalue weighted by Crippen LogP contribution is 2.14. The number of hydrogen-bond donors (Lipinski definition) is 12. The lowest BCUT2D eigenvalue weighted by molar-refractivity contribution is -0.142. The Labute approximate surface area is 457 Å². The van der Waals surface area contributed by atoms with Crippen LogP contribution in [0.2, 0.25) is 0 Å². The number of aromatic amines is 1. The number of primary amides is 1. The Kier molecular flexibility index (Phi) is 40.0. The third-order valence-corrected chi connectivity index (χ3v) is 12.6. The van der Waals surface area contributed by atoms with E-state index in [0.29, 0.717) is 38.1 Å². The second-order valence-electron chi connectivity index (χ2n) is 19.3. The van der Waals surface area contributed by atoms with Gasteiger partial charge in [0.2, 0.25) is 35.4 Å². The number of carbonyl (C=O) groups excluding carboxylic acids is 6. The number of hydrogen-bond acceptors (Lipinski definition) is 15. The van der Waals surface area contributed by atoms with Crippen LogP contribution in [-0.2, 0) is 63.8 Å². The molecule has 6 amide bonds. The highest BCUT2D eigenvalue weighted by molar-refractivity contribution is 5.95. The summed E-state index contributed by atoms with van der Waals surface area (Å²) in [5.41, 5.74) is 6.25. The van der Waals surface area contributed by atoms with Crippen molar-refractivity contribution in [3.05, 3.63) is 18.2 Å². The molecule has 0 spiro atoms. The van der Waals surface area contributed by atoms with Gasteiger partial charge >= 0.3 is 23.9 Å². The van der Waals surface area contributed by atoms with Crippen molar-refractivity contribution in [2.75, 3.05) is 66.2 Å². The van der Waals surface area contributed by atoms with Gasteiger partial charge in [0, 0.05) is 50.7 Å². The zero-order valence-electron chi connectivity index (χ0n) is 45.7. The van der Waals surface area contributed by atoms with Crippen LogP contribution < -0.4 is 37.6 Å². The Balaban J connectivity index is 2.49. The van der Waals surface area contributed by atoms with E-state index in [-0.39, 0.29) is 83.8 Å². The highest BCUT2D eigenvalue weighted by Gasteiger charge is 2.31. The maximum absolute atomic E-state index is 13.8. The first kappa shape index (κ1) is 69.8. The molecule has 0 aliphatic rings. The number of rotatable bonds is 52. The molecular weight excluding hydrogens is 1020 g/mol. The lowest BCUT2D eigenvalue weighted by Gasteiger charge is -2.26. The molecule has 26 nitrogen and oxygen atoms in total. The minimum Gasteiger partial charge on any atom is -0.481 e. The maximum Gasteiger partial charge on any atom is 0.317 e. The molecule has 0 saturated carbocycles. The number of likely N-dealkylation sites (N-methyl/N-ethyl adjacent to an activating group) is 1. The molecule has 1 heterocycles. The normalized spacial score (nSPS) is 12.7. The summed E-state index contributed by atoms with van der Waals surface area (Å²) in [6, 6.07) is -4.87. The molecular formula is C52H90N10O16. The van der Waals surface area contributed by atoms with Crippen molar-refractivity contribution in [3.63, 3.8) is 0 Å². The van der Waals surface area contributed by atoms with E-state index in [1.807, 2.05) is 0 Å². The fourth-order valence-corrected chi connectivity index (χ4v) is 8.30. The summed E-state index contributed by atoms with van der Waals surface area (Å²) >= 11 is 0. The van der Waals surface area contributed by atoms with Crippen molar-refractivity contribution in [3.8, 4) is 0 Å². The number of nitrogens with zero attached hydrogens (tertiary/aromatic N) is 2. The summed E-state index contributed by atoms with van der Waals surface area (Å²) < 4.78 is 10.9. The van der Waals surface area contributed by atoms with Crippen molar-refractivity contribution in [2.24, 2.45) is 5.73 Å². The second kappa shape index (κ2) is 44.7. The second-order valence-corrected chi connectivity index (χ2v) is 19.3. The van der Waals surface area contributed by atoms with Crippen LogP contribution in [0.4, 0.5) is 0 Å². The SMILES string of the molecule is CN[C@@H](Cc1cnc[nH]1)C(=O)N[C@@H](CCC(=O)O)C(=O)N[C@@H](CCCCN(CC(=O)O)CC(=O)O)C(=O)N[C@@H](CCCCNC(=O)COCCOCCNC(=O)CCCCCCCCCCCCCCCCC(=O)O)C(N)=O. The first-order valence-corrected chi connectivity index (χ1v) is 27.5. The Bertz CT molecular complexity index is 1890. The number of aliphatic carboxylic acids is 4. The van der Waals surface area contributed by atoms with Crippen molar-refractivity contribution in [1.29, 1.82) is 0 Å². The molecule has 0 fully saturated rings. The third kappa shape index (κ3) is 38.3. The number of carbonyl (C=O) groups is 10. The van der Waals surface area contributed by atoms with Gasteiger partial charge in [-0.05, 0) is 71.4 Å². The average Bonchev–Trinajstić information content (AvgIpc) is 3.90. The molecule has 1 aromatic rings. The number of carboxylic acid groups (broad SMARTS) is 4. The van der Waals surface area contributed by atoms with Gasteiger partial charge in [0.15, 0.2) is 0 Å². The molecule has 0 aliphatic carbocycles. The molecule has 0 aromatic carbocycles. The lowest BCUT2D eigenvalue weighted by Crippen LogP contribution is -2.58. The van der Waals surface area contributed by atoms with Crippen LogP contribution in [-0.4, -0.2) is 185 Å². The predicted molar refractivity (Wildman–Crippen MR) is 286 cm³/mol. The van der Waals surface area contributed by atoms with E-state index in [9.17, 15) is 63.3 Å². The molecule has 0 aliphatic heterocycles. The third-order valence-electron chi connectivity index (χ3n) is 12.6. The molecule has 444 valence electrons. The van der Waals surface area contributed by atoms with E-state index >= 15 is 0 Å². The molecule has 1 aromatic heterocycles. The number of unbranched alkanes of at least 4 members (excludes halogenated alkanes) is 15. The molecule has 13 N–H and O–H groups in total. The number of nitrogens with one attached hydrogen (secondary N) is 7. The zero-order valence-corrected chi connectivity index (χ0v) is 45.7. The first-order valence-electron chi connectivity index (χ1n) is 27.5. The van der Waals surface area contributed by atoms with Crippen molar-refractivity contribution in [1.82, 2.24) is 46.8 Å². The molecule has 0 radical (unpaired) electrons. The van der Waals surface area contributed by atoms with E-state index in [4.69, 9.17) is 20.3 Å². The zero-order chi connectivity index (χ0) is 57.8. The van der Waals surface area contributed by atoms with Gasteiger partial charge in [0.1, 0.15) is 24.7 Å². The molecule has 78 heavy (non-hydrogen) atoms. The summed E-state index contributed by atoms with van der Waals surface area (Å²) in [6.07, 6.45) is 19.5. The van der Waals surface area contributed by atoms with Crippen molar-refractivity contribution >= 4 is 59.3 Å². The average molecular weight is 1110 g/mol. The number of aromatic nitrogens is 2. The van der Waals surface area contributed by atoms with Gasteiger partial charge in [-0.15, -0.1) is 0 Å². The van der Waals surface area contributed by atoms with Crippen LogP contribution in [0.15, 0.2) is 12.5 Å². The van der Waals surface area contributed by atoms with E-state index in [1.165, 1.54) is 75.8 Å². The molecule has 0 unspecified atom stereocenters. The summed E-state index contributed by atoms with van der Waals surface area (Å²) in [7, 11) is 1.52. The van der Waals surface area contributed by atoms with Gasteiger partial charge in [0.25, 0.3) is 0 Å². The summed E-state index contributed by atoms with van der Waals surface area (Å²) in [6.45, 7) is -0.108. The fourth-order valence-electron chi connectivity index (χ4n) is 8.30. The molecule has 4 atom stereocenters. The minimum atomic E-state index is -1.42. The topological polar surface area (TPSA) is 400 Å². The molecule has 0 bridgehead atoms. The first-order chi connectivity index (χ1) is 37.4. The Hall–Kier alpha value is -6.25. The van der Waals surface area contributed by atoms with E-state index < -0.39 is 97.1 Å². The minimum absolute atomic E-state index is 0.0107. The lowest BCUT2D eigenvalue weighted by atomic mass is 10.0. The standard InChI is InChI=1S/C52H90N10O16/c1-54-42(32-38-33-55-37-58-38)52(76)61-41(24-25-46(67)68)51(75)60-40(21-17-19-28-62(34-47(69)70)35-48(71)72)50(74)59-39(49(53)73)20-16-18-26-56-44(64)36-78-31-30-77-29-27-57-43(63)22-14-12-10-8-6-4-2-3-5-7-9-11-13-15-23-45(65)66/h33,37,39-42,54H,2-32,34-36H2,1H3,(H2,53,73)(H,55,58)(H,56,64)(H,57,63)(H,59,74)(H,60,75)(H,61,76)(H,65,66)(H,67,68)(H,69,70)(H,71,72)/t39-,40-,41-,42-/m0/s1. The molecule has 0 saturated heterocycles. The fraction of sp³-hybridized carbons (Fsp3) is 0.750. The van der Waals surface area contributed by atoms with Crippen LogP contribution >= 0.6 is 0 Å². The van der Waals surface area contributed by atoms with Gasteiger partial charge in [-0.2, -0.15) is 0 Å². The molecule has 26 heteroatoms. The number of imidazole rings is 1. The summed E-state index contributed by atoms with van der Waals surface area (Å²) in [4.78, 5) is 131. The monoisotopic (exact) mass is 1110 g/mol. The Morgan fingerprint density at radius 3 is 1.55 bits per heavy atom. The number of H-pyrrole nitrogens is 1. The number of ether oxygens (including phenoxy) is 2. The molecule has 1 rings (SSSR count). The number of carboxylic acids is 4. The van der Waals surface area contributed by atoms with Gasteiger partial charge in [-0.25, -0.2) is 4.98 Å². The number of nitrogens with two attached hydrogens (primary N) is 1. The Morgan fingerprint density at radius 2 is 1.03 bits per heavy atom. The summed E-state index contributed by atoms with van der Waals surface area (Å²) in [5, 5.41) is 52.6. The van der Waals surface area contributed by atoms with E-state index in [0.717, 1.165) is 38.5 Å². The number of amides is 6. The van der Waals surface area contributed by atoms with Crippen molar-refractivity contribution < 1.29 is 77.8 Å². The van der Waals surface area contributed by atoms with Crippen LogP contribution in [0.5, 0.6) is 0 Å². The van der Waals surface area contributed by atoms with E-state index in [2.05, 4.69) is 41.9 Å². The van der Waals surface area contributed by atoms with Gasteiger partial charge in [-0.1, -0.05) is 77.0 Å². The van der Waals surface area contributed by atoms with Gasteiger partial charge < -0.3 is 72.5 Å². The van der Waals surface area contributed by atoms with Crippen LogP contribution in [0.1, 0.15) is 160 Å². The van der Waals surface area contributed by atoms with Crippen LogP contribution in [0.25, 0.3) is 0 Å². The maximum atomic E-state index is 13.8. The van der Waals surface area contributed by atoms with Gasteiger partial charge in [0.05, 0.1) is 45.3 Å². The van der Waals surface area contributed by atoms with Crippen molar-refractivity contribution in [2.45, 2.75) is 185 Å². The Morgan fingerprint density at radius 1 is 0.538 bits per heavy atom. The van der Waals surface area contributed by atoms with Crippen LogP contribution in [0, 0.1) is 0 Å². The summed E-state index contributed by atoms with van der Waals surface area (Å²) in [5.74, 6) is -8.14. The predicted octanol–water partition coefficient (Wildman–Crippen LogP) is 1.75. The quantitative estimate of drug-likeness (QED) is 0.0413. The highest BCUT2D eigenvalue weighted by atomic mass is 16.5. The van der Waals surface area contributed by atoms with Crippen LogP contribution in [0.3, 0.4) is 0 Å². The van der Waals surface area contributed by atoms with Gasteiger partial charge in [-0.3, -0.25) is 52.8 Å². The largest absolute Gasteiger partial charge is 0.481 e. The smallest absolute Gasteiger partial charge is 0.317 e.